The lowest BCUT2D eigenvalue weighted by molar-refractivity contribution is -0.214. The second-order valence-electron chi connectivity index (χ2n) is 8.72. The third-order valence-corrected chi connectivity index (χ3v) is 8.63. The van der Waals surface area contributed by atoms with Crippen molar-refractivity contribution in [3.05, 3.63) is 29.8 Å². The zero-order valence-electron chi connectivity index (χ0n) is 16.4. The first-order valence-electron chi connectivity index (χ1n) is 9.41. The Labute approximate surface area is 181 Å². The lowest BCUT2D eigenvalue weighted by Crippen LogP contribution is -2.55. The summed E-state index contributed by atoms with van der Waals surface area (Å²) in [7, 11) is -16.5. The van der Waals surface area contributed by atoms with E-state index in [0.717, 1.165) is 13.0 Å². The average Bonchev–Trinajstić information content (AvgIpc) is 3.29. The quantitative estimate of drug-likeness (QED) is 0.365. The number of ether oxygens (including phenoxy) is 2. The molecule has 5 nitrogen and oxygen atoms in total. The number of fused-ring (bicyclic) bond motifs is 5. The second-order valence-corrected chi connectivity index (χ2v) is 12.6. The van der Waals surface area contributed by atoms with Crippen LogP contribution in [0.2, 0.25) is 0 Å². The highest BCUT2D eigenvalue weighted by Crippen LogP contribution is 3.02. The second kappa shape index (κ2) is 6.12. The van der Waals surface area contributed by atoms with E-state index in [9.17, 15) is 45.4 Å². The molecule has 1 saturated heterocycles. The molecule has 190 valence electrons. The topological polar surface area (TPSA) is 72.8 Å². The van der Waals surface area contributed by atoms with Crippen LogP contribution in [0.5, 0.6) is 0 Å². The SMILES string of the molecule is CC1(c2cccc(S(F)(F)(F)(F)F)c2)OC2C3CC(C2O1)C(C(F)(F)C(F)(F)S(=O)(=O)O)C3. The normalized spacial score (nSPS) is 37.0. The van der Waals surface area contributed by atoms with Crippen LogP contribution in [-0.2, 0) is 25.4 Å². The zero-order chi connectivity index (χ0) is 25.1. The van der Waals surface area contributed by atoms with Gasteiger partial charge in [0.15, 0.2) is 5.79 Å². The van der Waals surface area contributed by atoms with Crippen molar-refractivity contribution in [2.24, 2.45) is 17.8 Å². The van der Waals surface area contributed by atoms with Gasteiger partial charge in [0.1, 0.15) is 4.90 Å². The summed E-state index contributed by atoms with van der Waals surface area (Å²) < 4.78 is 164. The van der Waals surface area contributed by atoms with Crippen molar-refractivity contribution in [2.75, 3.05) is 0 Å². The van der Waals surface area contributed by atoms with Crippen molar-refractivity contribution < 1.29 is 59.4 Å². The molecule has 0 spiro atoms. The van der Waals surface area contributed by atoms with Gasteiger partial charge < -0.3 is 9.47 Å². The lowest BCUT2D eigenvalue weighted by atomic mass is 9.81. The van der Waals surface area contributed by atoms with Crippen molar-refractivity contribution in [1.82, 2.24) is 0 Å². The van der Waals surface area contributed by atoms with Crippen LogP contribution in [0.25, 0.3) is 0 Å². The fourth-order valence-electron chi connectivity index (χ4n) is 5.08. The predicted octanol–water partition coefficient (Wildman–Crippen LogP) is 6.07. The van der Waals surface area contributed by atoms with E-state index in [2.05, 4.69) is 0 Å². The molecule has 1 aromatic carbocycles. The van der Waals surface area contributed by atoms with Crippen molar-refractivity contribution in [3.63, 3.8) is 0 Å². The van der Waals surface area contributed by atoms with Crippen LogP contribution in [0.4, 0.5) is 37.0 Å². The molecule has 33 heavy (non-hydrogen) atoms. The number of halogens is 9. The highest BCUT2D eigenvalue weighted by atomic mass is 32.5. The average molecular weight is 536 g/mol. The van der Waals surface area contributed by atoms with Gasteiger partial charge in [0, 0.05) is 11.5 Å². The van der Waals surface area contributed by atoms with Gasteiger partial charge in [-0.2, -0.15) is 26.0 Å². The molecular formula is C17H17F9O5S2. The Hall–Kier alpha value is -1.23. The molecule has 1 heterocycles. The molecule has 6 atom stereocenters. The smallest absolute Gasteiger partial charge is 0.340 e. The minimum Gasteiger partial charge on any atom is -0.340 e. The monoisotopic (exact) mass is 536 g/mol. The number of alkyl halides is 4. The fraction of sp³-hybridized carbons (Fsp3) is 0.647. The van der Waals surface area contributed by atoms with E-state index in [1.165, 1.54) is 0 Å². The van der Waals surface area contributed by atoms with Crippen LogP contribution >= 0.6 is 10.2 Å². The molecule has 0 amide bonds. The van der Waals surface area contributed by atoms with Crippen molar-refractivity contribution >= 4 is 20.3 Å². The molecule has 2 aliphatic carbocycles. The summed E-state index contributed by atoms with van der Waals surface area (Å²) in [6, 6.07) is 1.95. The summed E-state index contributed by atoms with van der Waals surface area (Å²) in [4.78, 5) is -2.22. The summed E-state index contributed by atoms with van der Waals surface area (Å²) in [5.41, 5.74) is -0.492. The Bertz CT molecular complexity index is 1110. The zero-order valence-corrected chi connectivity index (χ0v) is 18.0. The van der Waals surface area contributed by atoms with Crippen molar-refractivity contribution in [3.8, 4) is 0 Å². The maximum atomic E-state index is 14.5. The maximum Gasteiger partial charge on any atom is 0.431 e. The van der Waals surface area contributed by atoms with Crippen LogP contribution in [0.15, 0.2) is 29.2 Å². The molecule has 1 aromatic rings. The summed E-state index contributed by atoms with van der Waals surface area (Å²) in [5.74, 6) is -11.7. The highest BCUT2D eigenvalue weighted by Gasteiger charge is 2.75. The van der Waals surface area contributed by atoms with E-state index in [0.29, 0.717) is 6.07 Å². The van der Waals surface area contributed by atoms with Gasteiger partial charge in [0.05, 0.1) is 12.2 Å². The molecule has 2 saturated carbocycles. The molecule has 6 unspecified atom stereocenters. The standard InChI is InChI=1S/C17H17F9O5S2/c1-15(9-3-2-4-10(7-9)33(22,23,24,25)26)30-13-8-5-11(14(13)31-15)12(6-8)16(18,19)17(20,21)32(27,28)29/h2-4,7-8,11-14H,5-6H2,1H3,(H,27,28,29). The van der Waals surface area contributed by atoms with Crippen molar-refractivity contribution in [1.29, 1.82) is 0 Å². The van der Waals surface area contributed by atoms with Gasteiger partial charge >= 0.3 is 31.5 Å². The maximum absolute atomic E-state index is 14.5. The Morgan fingerprint density at radius 1 is 1.03 bits per heavy atom. The largest absolute Gasteiger partial charge is 0.431 e. The first-order valence-corrected chi connectivity index (χ1v) is 12.8. The van der Waals surface area contributed by atoms with Crippen LogP contribution in [0, 0.1) is 17.8 Å². The van der Waals surface area contributed by atoms with Gasteiger partial charge in [-0.3, -0.25) is 4.55 Å². The van der Waals surface area contributed by atoms with Crippen LogP contribution < -0.4 is 0 Å². The van der Waals surface area contributed by atoms with Gasteiger partial charge in [-0.1, -0.05) is 31.6 Å². The third kappa shape index (κ3) is 3.72. The van der Waals surface area contributed by atoms with E-state index < -0.39 is 84.1 Å². The van der Waals surface area contributed by atoms with Crippen LogP contribution in [0.3, 0.4) is 0 Å². The van der Waals surface area contributed by atoms with E-state index in [1.54, 1.807) is 0 Å². The number of hydrogen-bond acceptors (Lipinski definition) is 4. The molecule has 4 rings (SSSR count). The van der Waals surface area contributed by atoms with Gasteiger partial charge in [-0.15, -0.1) is 0 Å². The molecule has 0 aromatic heterocycles. The molecule has 3 fully saturated rings. The van der Waals surface area contributed by atoms with E-state index in [-0.39, 0.29) is 18.6 Å². The molecule has 16 heteroatoms. The minimum atomic E-state index is -10.1. The Balaban J connectivity index is 1.64. The number of benzene rings is 1. The summed E-state index contributed by atoms with van der Waals surface area (Å²) in [5, 5.41) is -5.79. The minimum absolute atomic E-state index is 0.114. The summed E-state index contributed by atoms with van der Waals surface area (Å²) in [6.45, 7) is 1.08. The summed E-state index contributed by atoms with van der Waals surface area (Å²) >= 11 is 0. The Morgan fingerprint density at radius 2 is 1.61 bits per heavy atom. The Kier molecular flexibility index (Phi) is 4.61. The first-order chi connectivity index (χ1) is 14.5. The third-order valence-electron chi connectivity index (χ3n) is 6.56. The molecule has 2 bridgehead atoms. The molecule has 0 radical (unpaired) electrons. The first kappa shape index (κ1) is 24.9. The summed E-state index contributed by atoms with van der Waals surface area (Å²) in [6.07, 6.45) is -3.12. The number of rotatable bonds is 5. The lowest BCUT2D eigenvalue weighted by Gasteiger charge is -2.41. The van der Waals surface area contributed by atoms with Crippen LogP contribution in [0.1, 0.15) is 25.3 Å². The molecule has 1 N–H and O–H groups in total. The Morgan fingerprint density at radius 3 is 2.15 bits per heavy atom. The van der Waals surface area contributed by atoms with Crippen molar-refractivity contribution in [2.45, 2.75) is 53.8 Å². The van der Waals surface area contributed by atoms with E-state index in [4.69, 9.17) is 14.0 Å². The van der Waals surface area contributed by atoms with E-state index in [1.807, 2.05) is 0 Å². The fourth-order valence-corrected chi connectivity index (χ4v) is 6.26. The van der Waals surface area contributed by atoms with Gasteiger partial charge in [0.2, 0.25) is 0 Å². The van der Waals surface area contributed by atoms with Gasteiger partial charge in [-0.25, -0.2) is 0 Å². The molecule has 3 aliphatic rings. The van der Waals surface area contributed by atoms with Gasteiger partial charge in [0.25, 0.3) is 0 Å². The molecular weight excluding hydrogens is 519 g/mol. The number of hydrogen-bond donors (Lipinski definition) is 1. The van der Waals surface area contributed by atoms with Crippen LogP contribution in [-0.4, -0.2) is 36.4 Å². The predicted molar refractivity (Wildman–Crippen MR) is 96.1 cm³/mol. The highest BCUT2D eigenvalue weighted by molar-refractivity contribution is 8.45. The van der Waals surface area contributed by atoms with Gasteiger partial charge in [-0.05, 0) is 43.7 Å². The molecule has 1 aliphatic heterocycles. The van der Waals surface area contributed by atoms with E-state index >= 15 is 0 Å².